The number of imidazole rings is 1. The van der Waals surface area contributed by atoms with E-state index in [1.807, 2.05) is 4.57 Å². The molecule has 5 rings (SSSR count). The Morgan fingerprint density at radius 2 is 2.08 bits per heavy atom. The zero-order valence-corrected chi connectivity index (χ0v) is 20.7. The normalized spacial score (nSPS) is 15.5. The molecule has 4 heterocycles. The van der Waals surface area contributed by atoms with Crippen molar-refractivity contribution in [3.8, 4) is 17.4 Å². The van der Waals surface area contributed by atoms with Gasteiger partial charge in [-0.2, -0.15) is 5.10 Å². The number of anilines is 1. The van der Waals surface area contributed by atoms with Gasteiger partial charge in [0.25, 0.3) is 10.0 Å². The third-order valence-electron chi connectivity index (χ3n) is 5.95. The fraction of sp³-hybridized carbons (Fsp3) is 0.273. The molecule has 1 aliphatic rings. The number of hydrogen-bond donors (Lipinski definition) is 2. The summed E-state index contributed by atoms with van der Waals surface area (Å²) in [6.07, 6.45) is 3.70. The van der Waals surface area contributed by atoms with Crippen molar-refractivity contribution in [3.05, 3.63) is 64.5 Å². The summed E-state index contributed by atoms with van der Waals surface area (Å²) in [5.74, 6) is -1.43. The quantitative estimate of drug-likeness (QED) is 0.384. The SMILES string of the molecule is COc1ncc(Cl)cc1S(=O)(=O)Nc1ccc(F)c([C@@H]2CCc3c(-c4n[nH]c(C)n4)ncn3C2)c1F. The molecule has 0 aliphatic carbocycles. The number of fused-ring (bicyclic) bond motifs is 1. The Labute approximate surface area is 209 Å². The van der Waals surface area contributed by atoms with Crippen molar-refractivity contribution < 1.29 is 21.9 Å². The summed E-state index contributed by atoms with van der Waals surface area (Å²) in [6.45, 7) is 2.03. The van der Waals surface area contributed by atoms with Crippen molar-refractivity contribution in [1.82, 2.24) is 29.7 Å². The molecule has 2 N–H and O–H groups in total. The van der Waals surface area contributed by atoms with Crippen molar-refractivity contribution >= 4 is 27.3 Å². The summed E-state index contributed by atoms with van der Waals surface area (Å²) >= 11 is 5.89. The molecule has 10 nitrogen and oxygen atoms in total. The third kappa shape index (κ3) is 4.28. The summed E-state index contributed by atoms with van der Waals surface area (Å²) in [5.41, 5.74) is 0.871. The molecule has 0 bridgehead atoms. The Hall–Kier alpha value is -3.58. The number of benzene rings is 1. The Morgan fingerprint density at radius 1 is 1.28 bits per heavy atom. The maximum Gasteiger partial charge on any atom is 0.267 e. The average Bonchev–Trinajstić information content (AvgIpc) is 3.46. The lowest BCUT2D eigenvalue weighted by Gasteiger charge is -2.26. The molecule has 0 amide bonds. The standard InChI is InChI=1S/C22H20ClF2N7O3S/c1-11-28-21(30-29-11)20-16-6-3-12(9-32(16)10-27-20)18-14(24)4-5-15(19(18)25)31-36(33,34)17-7-13(23)8-26-22(17)35-2/h4-5,7-8,10,12,31H,3,6,9H2,1-2H3,(H,28,29,30)/t12-/m1/s1. The van der Waals surface area contributed by atoms with Gasteiger partial charge in [-0.25, -0.2) is 32.2 Å². The fourth-order valence-electron chi connectivity index (χ4n) is 4.31. The Balaban J connectivity index is 1.45. The number of rotatable bonds is 6. The van der Waals surface area contributed by atoms with Crippen LogP contribution in [0, 0.1) is 18.6 Å². The molecule has 4 aromatic rings. The second-order valence-corrected chi connectivity index (χ2v) is 10.3. The Bertz CT molecular complexity index is 1570. The first-order valence-electron chi connectivity index (χ1n) is 10.8. The van der Waals surface area contributed by atoms with Gasteiger partial charge >= 0.3 is 0 Å². The van der Waals surface area contributed by atoms with Crippen LogP contribution < -0.4 is 9.46 Å². The molecule has 3 aromatic heterocycles. The van der Waals surface area contributed by atoms with Gasteiger partial charge < -0.3 is 9.30 Å². The number of nitrogens with zero attached hydrogens (tertiary/aromatic N) is 5. The molecule has 0 saturated carbocycles. The van der Waals surface area contributed by atoms with Crippen LogP contribution in [0.5, 0.6) is 5.88 Å². The number of H-pyrrole nitrogens is 1. The van der Waals surface area contributed by atoms with E-state index in [0.29, 0.717) is 30.2 Å². The van der Waals surface area contributed by atoms with Crippen molar-refractivity contribution in [2.24, 2.45) is 0 Å². The number of aromatic nitrogens is 6. The van der Waals surface area contributed by atoms with Gasteiger partial charge in [0.05, 0.1) is 24.1 Å². The number of ether oxygens (including phenoxy) is 1. The lowest BCUT2D eigenvalue weighted by Crippen LogP contribution is -2.22. The minimum atomic E-state index is -4.35. The van der Waals surface area contributed by atoms with Gasteiger partial charge in [0.15, 0.2) is 10.7 Å². The predicted molar refractivity (Wildman–Crippen MR) is 126 cm³/mol. The maximum atomic E-state index is 15.6. The van der Waals surface area contributed by atoms with E-state index >= 15 is 4.39 Å². The Morgan fingerprint density at radius 3 is 2.81 bits per heavy atom. The first-order valence-corrected chi connectivity index (χ1v) is 12.7. The molecule has 1 aliphatic heterocycles. The number of nitrogens with one attached hydrogen (secondary N) is 2. The van der Waals surface area contributed by atoms with Crippen molar-refractivity contribution in [2.75, 3.05) is 11.8 Å². The third-order valence-corrected chi connectivity index (χ3v) is 7.52. The van der Waals surface area contributed by atoms with Crippen molar-refractivity contribution in [3.63, 3.8) is 0 Å². The minimum absolute atomic E-state index is 0.0503. The number of aryl methyl sites for hydroxylation is 1. The molecule has 36 heavy (non-hydrogen) atoms. The lowest BCUT2D eigenvalue weighted by molar-refractivity contribution is 0.385. The smallest absolute Gasteiger partial charge is 0.267 e. The molecule has 0 radical (unpaired) electrons. The van der Waals surface area contributed by atoms with Crippen LogP contribution in [0.25, 0.3) is 11.5 Å². The van der Waals surface area contributed by atoms with Crippen LogP contribution in [-0.2, 0) is 23.0 Å². The van der Waals surface area contributed by atoms with E-state index < -0.39 is 33.3 Å². The molecule has 0 unspecified atom stereocenters. The zero-order chi connectivity index (χ0) is 25.6. The van der Waals surface area contributed by atoms with Crippen LogP contribution in [0.4, 0.5) is 14.5 Å². The van der Waals surface area contributed by atoms with Crippen LogP contribution in [-0.4, -0.2) is 45.2 Å². The van der Waals surface area contributed by atoms with E-state index in [1.165, 1.54) is 13.3 Å². The average molecular weight is 536 g/mol. The highest BCUT2D eigenvalue weighted by Gasteiger charge is 2.31. The summed E-state index contributed by atoms with van der Waals surface area (Å²) in [7, 11) is -3.11. The minimum Gasteiger partial charge on any atom is -0.480 e. The van der Waals surface area contributed by atoms with E-state index in [9.17, 15) is 12.8 Å². The van der Waals surface area contributed by atoms with Gasteiger partial charge in [-0.1, -0.05) is 11.6 Å². The molecule has 0 spiro atoms. The lowest BCUT2D eigenvalue weighted by atomic mass is 9.89. The number of hydrogen-bond acceptors (Lipinski definition) is 7. The molecule has 1 aromatic carbocycles. The van der Waals surface area contributed by atoms with Gasteiger partial charge in [-0.05, 0) is 38.0 Å². The van der Waals surface area contributed by atoms with Gasteiger partial charge in [-0.15, -0.1) is 0 Å². The maximum absolute atomic E-state index is 15.6. The molecular formula is C22H20ClF2N7O3S. The first-order chi connectivity index (χ1) is 17.2. The van der Waals surface area contributed by atoms with Crippen LogP contribution in [0.2, 0.25) is 5.02 Å². The van der Waals surface area contributed by atoms with E-state index in [0.717, 1.165) is 23.9 Å². The fourth-order valence-corrected chi connectivity index (χ4v) is 5.74. The highest BCUT2D eigenvalue weighted by Crippen LogP contribution is 2.37. The van der Waals surface area contributed by atoms with E-state index in [-0.39, 0.29) is 27.9 Å². The summed E-state index contributed by atoms with van der Waals surface area (Å²) < 4.78 is 65.4. The van der Waals surface area contributed by atoms with Crippen LogP contribution in [0.1, 0.15) is 29.4 Å². The second-order valence-electron chi connectivity index (χ2n) is 8.26. The largest absolute Gasteiger partial charge is 0.480 e. The number of sulfonamides is 1. The van der Waals surface area contributed by atoms with Crippen LogP contribution >= 0.6 is 11.6 Å². The summed E-state index contributed by atoms with van der Waals surface area (Å²) in [4.78, 5) is 12.1. The predicted octanol–water partition coefficient (Wildman–Crippen LogP) is 3.84. The van der Waals surface area contributed by atoms with Crippen molar-refractivity contribution in [2.45, 2.75) is 37.1 Å². The number of methoxy groups -OCH3 is 1. The highest BCUT2D eigenvalue weighted by atomic mass is 35.5. The number of pyridine rings is 1. The van der Waals surface area contributed by atoms with Crippen LogP contribution in [0.3, 0.4) is 0 Å². The van der Waals surface area contributed by atoms with E-state index in [1.54, 1.807) is 13.3 Å². The van der Waals surface area contributed by atoms with Gasteiger partial charge in [0.2, 0.25) is 11.7 Å². The first kappa shape index (κ1) is 24.1. The highest BCUT2D eigenvalue weighted by molar-refractivity contribution is 7.92. The van der Waals surface area contributed by atoms with Gasteiger partial charge in [-0.3, -0.25) is 9.82 Å². The second kappa shape index (κ2) is 9.13. The molecule has 1 atom stereocenters. The van der Waals surface area contributed by atoms with Crippen molar-refractivity contribution in [1.29, 1.82) is 0 Å². The molecule has 0 fully saturated rings. The molecule has 0 saturated heterocycles. The Kier molecular flexibility index (Phi) is 6.12. The summed E-state index contributed by atoms with van der Waals surface area (Å²) in [6, 6.07) is 3.20. The number of aromatic amines is 1. The summed E-state index contributed by atoms with van der Waals surface area (Å²) in [5, 5.41) is 6.97. The van der Waals surface area contributed by atoms with Crippen LogP contribution in [0.15, 0.2) is 35.6 Å². The van der Waals surface area contributed by atoms with Gasteiger partial charge in [0.1, 0.15) is 17.3 Å². The number of halogens is 3. The molecular weight excluding hydrogens is 516 g/mol. The molecule has 14 heteroatoms. The van der Waals surface area contributed by atoms with Gasteiger partial charge in [0, 0.05) is 29.9 Å². The monoisotopic (exact) mass is 535 g/mol. The topological polar surface area (TPSA) is 128 Å². The molecule has 188 valence electrons. The van der Waals surface area contributed by atoms with E-state index in [2.05, 4.69) is 29.9 Å². The van der Waals surface area contributed by atoms with E-state index in [4.69, 9.17) is 16.3 Å². The zero-order valence-electron chi connectivity index (χ0n) is 19.1.